The second kappa shape index (κ2) is 5.73. The van der Waals surface area contributed by atoms with Gasteiger partial charge in [-0.2, -0.15) is 13.2 Å². The number of rotatable bonds is 2. The number of aryl methyl sites for hydroxylation is 1. The van der Waals surface area contributed by atoms with Crippen LogP contribution < -0.4 is 0 Å². The molecule has 1 fully saturated rings. The Morgan fingerprint density at radius 3 is 2.75 bits per heavy atom. The van der Waals surface area contributed by atoms with Crippen LogP contribution in [0, 0.1) is 6.92 Å². The molecule has 1 aliphatic rings. The highest BCUT2D eigenvalue weighted by Crippen LogP contribution is 2.34. The van der Waals surface area contributed by atoms with Gasteiger partial charge in [0.2, 0.25) is 0 Å². The number of halogens is 3. The maximum absolute atomic E-state index is 12.1. The summed E-state index contributed by atoms with van der Waals surface area (Å²) < 4.78 is 40.6. The van der Waals surface area contributed by atoms with E-state index in [-0.39, 0.29) is 6.04 Å². The van der Waals surface area contributed by atoms with Gasteiger partial charge in [-0.25, -0.2) is 4.79 Å². The molecule has 1 aliphatic heterocycles. The highest BCUT2D eigenvalue weighted by molar-refractivity contribution is 5.69. The molecule has 20 heavy (non-hydrogen) atoms. The second-order valence-electron chi connectivity index (χ2n) is 4.88. The van der Waals surface area contributed by atoms with Gasteiger partial charge < -0.3 is 9.64 Å². The number of nitrogens with zero attached hydrogens (tertiary/aromatic N) is 1. The van der Waals surface area contributed by atoms with Crippen LogP contribution in [0.4, 0.5) is 18.0 Å². The van der Waals surface area contributed by atoms with Gasteiger partial charge in [-0.15, -0.1) is 0 Å². The second-order valence-corrected chi connectivity index (χ2v) is 4.88. The highest BCUT2D eigenvalue weighted by atomic mass is 19.4. The van der Waals surface area contributed by atoms with Gasteiger partial charge >= 0.3 is 12.3 Å². The number of ether oxygens (including phenoxy) is 1. The maximum Gasteiger partial charge on any atom is 0.422 e. The first-order valence-corrected chi connectivity index (χ1v) is 6.44. The van der Waals surface area contributed by atoms with Gasteiger partial charge in [0.1, 0.15) is 0 Å². The van der Waals surface area contributed by atoms with Crippen molar-refractivity contribution >= 4 is 6.09 Å². The average Bonchev–Trinajstić information content (AvgIpc) is 2.84. The molecule has 1 unspecified atom stereocenters. The normalized spacial score (nSPS) is 19.2. The van der Waals surface area contributed by atoms with Crippen LogP contribution in [0.3, 0.4) is 0 Å². The van der Waals surface area contributed by atoms with Gasteiger partial charge in [-0.1, -0.05) is 24.3 Å². The number of carbonyl (C=O) groups is 1. The van der Waals surface area contributed by atoms with E-state index in [4.69, 9.17) is 0 Å². The molecule has 0 radical (unpaired) electrons. The molecule has 0 aromatic heterocycles. The van der Waals surface area contributed by atoms with Gasteiger partial charge in [-0.3, -0.25) is 0 Å². The largest absolute Gasteiger partial charge is 0.440 e. The molecule has 1 aromatic rings. The van der Waals surface area contributed by atoms with E-state index in [9.17, 15) is 18.0 Å². The molecule has 0 spiro atoms. The molecule has 1 saturated heterocycles. The van der Waals surface area contributed by atoms with E-state index in [2.05, 4.69) is 4.74 Å². The number of alkyl halides is 3. The molecule has 0 N–H and O–H groups in total. The van der Waals surface area contributed by atoms with Crippen molar-refractivity contribution in [2.45, 2.75) is 32.0 Å². The molecule has 1 amide bonds. The van der Waals surface area contributed by atoms with Crippen molar-refractivity contribution < 1.29 is 22.7 Å². The predicted octanol–water partition coefficient (Wildman–Crippen LogP) is 3.83. The Balaban J connectivity index is 2.08. The third-order valence-corrected chi connectivity index (χ3v) is 3.39. The van der Waals surface area contributed by atoms with Crippen LogP contribution in [0.1, 0.15) is 30.0 Å². The van der Waals surface area contributed by atoms with E-state index >= 15 is 0 Å². The van der Waals surface area contributed by atoms with E-state index in [0.717, 1.165) is 24.0 Å². The summed E-state index contributed by atoms with van der Waals surface area (Å²) in [7, 11) is 0. The minimum absolute atomic E-state index is 0.197. The molecule has 1 atom stereocenters. The zero-order valence-corrected chi connectivity index (χ0v) is 11.1. The third kappa shape index (κ3) is 3.43. The average molecular weight is 287 g/mol. The summed E-state index contributed by atoms with van der Waals surface area (Å²) in [5.74, 6) is 0. The molecule has 3 nitrogen and oxygen atoms in total. The van der Waals surface area contributed by atoms with Crippen molar-refractivity contribution in [2.24, 2.45) is 0 Å². The van der Waals surface area contributed by atoms with E-state index in [1.54, 1.807) is 0 Å². The Morgan fingerprint density at radius 1 is 1.40 bits per heavy atom. The fourth-order valence-electron chi connectivity index (χ4n) is 2.50. The lowest BCUT2D eigenvalue weighted by Crippen LogP contribution is -2.34. The van der Waals surface area contributed by atoms with Crippen LogP contribution >= 0.6 is 0 Å². The lowest BCUT2D eigenvalue weighted by Gasteiger charge is -2.25. The number of amides is 1. The third-order valence-electron chi connectivity index (χ3n) is 3.39. The summed E-state index contributed by atoms with van der Waals surface area (Å²) in [6, 6.07) is 7.37. The standard InChI is InChI=1S/C14H16F3NO2/c1-10-5-2-3-6-11(10)12-7-4-8-18(12)13(19)20-9-14(15,16)17/h2-3,5-6,12H,4,7-9H2,1H3. The van der Waals surface area contributed by atoms with Crippen LogP contribution in [-0.4, -0.2) is 30.3 Å². The topological polar surface area (TPSA) is 29.5 Å². The molecule has 0 saturated carbocycles. The summed E-state index contributed by atoms with van der Waals surface area (Å²) in [4.78, 5) is 13.2. The number of benzene rings is 1. The first kappa shape index (κ1) is 14.7. The van der Waals surface area contributed by atoms with Crippen molar-refractivity contribution in [2.75, 3.05) is 13.2 Å². The van der Waals surface area contributed by atoms with Gasteiger partial charge in [0.15, 0.2) is 6.61 Å². The Kier molecular flexibility index (Phi) is 4.20. The molecule has 1 aromatic carbocycles. The van der Waals surface area contributed by atoms with Crippen LogP contribution in [0.5, 0.6) is 0 Å². The van der Waals surface area contributed by atoms with Crippen LogP contribution in [0.2, 0.25) is 0 Å². The lowest BCUT2D eigenvalue weighted by atomic mass is 10.00. The summed E-state index contributed by atoms with van der Waals surface area (Å²) in [6.45, 7) is 0.811. The molecule has 0 bridgehead atoms. The summed E-state index contributed by atoms with van der Waals surface area (Å²) in [5, 5.41) is 0. The summed E-state index contributed by atoms with van der Waals surface area (Å²) >= 11 is 0. The molecule has 110 valence electrons. The fraction of sp³-hybridized carbons (Fsp3) is 0.500. The number of hydrogen-bond donors (Lipinski definition) is 0. The predicted molar refractivity (Wildman–Crippen MR) is 67.3 cm³/mol. The van der Waals surface area contributed by atoms with Gasteiger partial charge in [0.05, 0.1) is 6.04 Å². The lowest BCUT2D eigenvalue weighted by molar-refractivity contribution is -0.162. The van der Waals surface area contributed by atoms with Gasteiger partial charge in [0, 0.05) is 6.54 Å². The van der Waals surface area contributed by atoms with Gasteiger partial charge in [0.25, 0.3) is 0 Å². The van der Waals surface area contributed by atoms with E-state index in [1.807, 2.05) is 31.2 Å². The number of likely N-dealkylation sites (tertiary alicyclic amines) is 1. The first-order chi connectivity index (χ1) is 9.38. The van der Waals surface area contributed by atoms with Crippen LogP contribution in [0.15, 0.2) is 24.3 Å². The summed E-state index contributed by atoms with van der Waals surface area (Å²) in [6.07, 6.45) is -3.88. The van der Waals surface area contributed by atoms with Gasteiger partial charge in [-0.05, 0) is 30.9 Å². The number of carbonyl (C=O) groups excluding carboxylic acids is 1. The van der Waals surface area contributed by atoms with Crippen molar-refractivity contribution in [1.82, 2.24) is 4.90 Å². The van der Waals surface area contributed by atoms with Crippen molar-refractivity contribution in [3.63, 3.8) is 0 Å². The smallest absolute Gasteiger partial charge is 0.422 e. The molecule has 0 aliphatic carbocycles. The van der Waals surface area contributed by atoms with Crippen molar-refractivity contribution in [3.05, 3.63) is 35.4 Å². The molecule has 1 heterocycles. The van der Waals surface area contributed by atoms with Crippen molar-refractivity contribution in [1.29, 1.82) is 0 Å². The highest BCUT2D eigenvalue weighted by Gasteiger charge is 2.35. The SMILES string of the molecule is Cc1ccccc1C1CCCN1C(=O)OCC(F)(F)F. The molecular weight excluding hydrogens is 271 g/mol. The van der Waals surface area contributed by atoms with E-state index in [1.165, 1.54) is 4.90 Å². The number of hydrogen-bond acceptors (Lipinski definition) is 2. The minimum Gasteiger partial charge on any atom is -0.440 e. The Hall–Kier alpha value is -1.72. The Bertz CT molecular complexity index is 488. The minimum atomic E-state index is -4.49. The summed E-state index contributed by atoms with van der Waals surface area (Å²) in [5.41, 5.74) is 1.99. The van der Waals surface area contributed by atoms with E-state index in [0.29, 0.717) is 6.54 Å². The molecular formula is C14H16F3NO2. The first-order valence-electron chi connectivity index (χ1n) is 6.44. The fourth-order valence-corrected chi connectivity index (χ4v) is 2.50. The zero-order valence-electron chi connectivity index (χ0n) is 11.1. The molecule has 2 rings (SSSR count). The Morgan fingerprint density at radius 2 is 2.10 bits per heavy atom. The maximum atomic E-state index is 12.1. The Labute approximate surface area is 115 Å². The molecule has 6 heteroatoms. The quantitative estimate of drug-likeness (QED) is 0.827. The zero-order chi connectivity index (χ0) is 14.8. The van der Waals surface area contributed by atoms with Crippen LogP contribution in [-0.2, 0) is 4.74 Å². The van der Waals surface area contributed by atoms with Crippen molar-refractivity contribution in [3.8, 4) is 0 Å². The monoisotopic (exact) mass is 287 g/mol. The van der Waals surface area contributed by atoms with E-state index < -0.39 is 18.9 Å². The van der Waals surface area contributed by atoms with Crippen LogP contribution in [0.25, 0.3) is 0 Å².